The topological polar surface area (TPSA) is 59.6 Å². The average Bonchev–Trinajstić information content (AvgIpc) is 2.38. The summed E-state index contributed by atoms with van der Waals surface area (Å²) >= 11 is 0. The highest BCUT2D eigenvalue weighted by molar-refractivity contribution is 5.94. The Labute approximate surface area is 112 Å². The van der Waals surface area contributed by atoms with Crippen molar-refractivity contribution in [2.24, 2.45) is 10.7 Å². The van der Waals surface area contributed by atoms with Crippen molar-refractivity contribution in [2.75, 3.05) is 12.4 Å². The van der Waals surface area contributed by atoms with E-state index in [0.717, 1.165) is 17.1 Å². The molecule has 0 aliphatic carbocycles. The van der Waals surface area contributed by atoms with E-state index in [1.807, 2.05) is 55.5 Å². The van der Waals surface area contributed by atoms with Crippen molar-refractivity contribution in [1.29, 1.82) is 0 Å². The SMILES string of the molecule is COc1cccc(N=C(N)Nc2cccc(C)c2)c1. The summed E-state index contributed by atoms with van der Waals surface area (Å²) in [6.45, 7) is 2.03. The highest BCUT2D eigenvalue weighted by Gasteiger charge is 1.98. The highest BCUT2D eigenvalue weighted by atomic mass is 16.5. The predicted molar refractivity (Wildman–Crippen MR) is 79.1 cm³/mol. The van der Waals surface area contributed by atoms with E-state index in [4.69, 9.17) is 10.5 Å². The maximum Gasteiger partial charge on any atom is 0.198 e. The van der Waals surface area contributed by atoms with Gasteiger partial charge in [-0.1, -0.05) is 18.2 Å². The second kappa shape index (κ2) is 5.91. The molecule has 0 saturated carbocycles. The van der Waals surface area contributed by atoms with Crippen molar-refractivity contribution >= 4 is 17.3 Å². The monoisotopic (exact) mass is 255 g/mol. The van der Waals surface area contributed by atoms with Crippen LogP contribution in [0, 0.1) is 6.92 Å². The van der Waals surface area contributed by atoms with Crippen LogP contribution in [0.25, 0.3) is 0 Å². The van der Waals surface area contributed by atoms with Gasteiger partial charge >= 0.3 is 0 Å². The lowest BCUT2D eigenvalue weighted by molar-refractivity contribution is 0.415. The summed E-state index contributed by atoms with van der Waals surface area (Å²) in [5.74, 6) is 1.10. The third-order valence-corrected chi connectivity index (χ3v) is 2.59. The maximum atomic E-state index is 5.88. The molecule has 3 N–H and O–H groups in total. The van der Waals surface area contributed by atoms with E-state index in [-0.39, 0.29) is 0 Å². The molecule has 0 heterocycles. The lowest BCUT2D eigenvalue weighted by Gasteiger charge is -2.06. The molecule has 0 saturated heterocycles. The molecule has 0 unspecified atom stereocenters. The van der Waals surface area contributed by atoms with Crippen molar-refractivity contribution in [3.8, 4) is 5.75 Å². The number of nitrogens with two attached hydrogens (primary N) is 1. The molecule has 0 bridgehead atoms. The van der Waals surface area contributed by atoms with Gasteiger partial charge in [-0.3, -0.25) is 0 Å². The summed E-state index contributed by atoms with van der Waals surface area (Å²) < 4.78 is 5.14. The highest BCUT2D eigenvalue weighted by Crippen LogP contribution is 2.19. The normalized spacial score (nSPS) is 11.2. The predicted octanol–water partition coefficient (Wildman–Crippen LogP) is 3.06. The van der Waals surface area contributed by atoms with Crippen molar-refractivity contribution in [1.82, 2.24) is 0 Å². The maximum absolute atomic E-state index is 5.88. The van der Waals surface area contributed by atoms with Crippen LogP contribution in [0.3, 0.4) is 0 Å². The van der Waals surface area contributed by atoms with Gasteiger partial charge in [-0.2, -0.15) is 0 Å². The molecule has 4 nitrogen and oxygen atoms in total. The molecule has 19 heavy (non-hydrogen) atoms. The number of hydrogen-bond acceptors (Lipinski definition) is 2. The molecular weight excluding hydrogens is 238 g/mol. The summed E-state index contributed by atoms with van der Waals surface area (Å²) in [5.41, 5.74) is 8.71. The Morgan fingerprint density at radius 3 is 2.68 bits per heavy atom. The van der Waals surface area contributed by atoms with Crippen LogP contribution in [0.5, 0.6) is 5.75 Å². The molecule has 0 aliphatic rings. The molecule has 0 aromatic heterocycles. The molecule has 2 aromatic carbocycles. The molecule has 0 atom stereocenters. The number of methoxy groups -OCH3 is 1. The lowest BCUT2D eigenvalue weighted by atomic mass is 10.2. The number of aryl methyl sites for hydroxylation is 1. The van der Waals surface area contributed by atoms with Crippen LogP contribution in [-0.2, 0) is 0 Å². The van der Waals surface area contributed by atoms with Gasteiger partial charge in [0.15, 0.2) is 5.96 Å². The Morgan fingerprint density at radius 2 is 1.95 bits per heavy atom. The Kier molecular flexibility index (Phi) is 4.03. The third-order valence-electron chi connectivity index (χ3n) is 2.59. The van der Waals surface area contributed by atoms with Gasteiger partial charge in [-0.05, 0) is 36.8 Å². The summed E-state index contributed by atoms with van der Waals surface area (Å²) in [6.07, 6.45) is 0. The summed E-state index contributed by atoms with van der Waals surface area (Å²) in [6, 6.07) is 15.4. The van der Waals surface area contributed by atoms with E-state index < -0.39 is 0 Å². The van der Waals surface area contributed by atoms with E-state index in [1.165, 1.54) is 5.56 Å². The quantitative estimate of drug-likeness (QED) is 0.654. The van der Waals surface area contributed by atoms with E-state index in [0.29, 0.717) is 5.96 Å². The number of ether oxygens (including phenoxy) is 1. The van der Waals surface area contributed by atoms with Crippen molar-refractivity contribution < 1.29 is 4.74 Å². The van der Waals surface area contributed by atoms with Gasteiger partial charge in [0.2, 0.25) is 0 Å². The molecule has 0 aliphatic heterocycles. The van der Waals surface area contributed by atoms with Crippen molar-refractivity contribution in [3.05, 3.63) is 54.1 Å². The number of nitrogens with one attached hydrogen (secondary N) is 1. The Morgan fingerprint density at radius 1 is 1.16 bits per heavy atom. The zero-order valence-electron chi connectivity index (χ0n) is 11.1. The fraction of sp³-hybridized carbons (Fsp3) is 0.133. The Hall–Kier alpha value is -2.49. The van der Waals surface area contributed by atoms with Crippen LogP contribution in [0.1, 0.15) is 5.56 Å². The minimum Gasteiger partial charge on any atom is -0.497 e. The van der Waals surface area contributed by atoms with Crippen LogP contribution in [0.4, 0.5) is 11.4 Å². The van der Waals surface area contributed by atoms with Crippen LogP contribution in [0.2, 0.25) is 0 Å². The van der Waals surface area contributed by atoms with Crippen LogP contribution in [-0.4, -0.2) is 13.1 Å². The molecule has 4 heteroatoms. The van der Waals surface area contributed by atoms with Gasteiger partial charge in [0, 0.05) is 11.8 Å². The van der Waals surface area contributed by atoms with Crippen LogP contribution in [0.15, 0.2) is 53.5 Å². The number of hydrogen-bond donors (Lipinski definition) is 2. The van der Waals surface area contributed by atoms with Crippen molar-refractivity contribution in [2.45, 2.75) is 6.92 Å². The molecule has 2 aromatic rings. The zero-order valence-corrected chi connectivity index (χ0v) is 11.1. The number of guanidine groups is 1. The summed E-state index contributed by atoms with van der Waals surface area (Å²) in [7, 11) is 1.62. The first-order valence-corrected chi connectivity index (χ1v) is 5.99. The second-order valence-corrected chi connectivity index (χ2v) is 4.19. The van der Waals surface area contributed by atoms with E-state index >= 15 is 0 Å². The molecule has 0 fully saturated rings. The third kappa shape index (κ3) is 3.74. The summed E-state index contributed by atoms with van der Waals surface area (Å²) in [5, 5.41) is 3.06. The first-order valence-electron chi connectivity index (χ1n) is 5.99. The van der Waals surface area contributed by atoms with Gasteiger partial charge in [0.1, 0.15) is 5.75 Å². The fourth-order valence-corrected chi connectivity index (χ4v) is 1.72. The lowest BCUT2D eigenvalue weighted by Crippen LogP contribution is -2.21. The number of anilines is 1. The van der Waals surface area contributed by atoms with Gasteiger partial charge < -0.3 is 15.8 Å². The molecular formula is C15H17N3O. The standard InChI is InChI=1S/C15H17N3O/c1-11-5-3-6-12(9-11)17-15(16)18-13-7-4-8-14(10-13)19-2/h3-10H,1-2H3,(H3,16,17,18). The zero-order chi connectivity index (χ0) is 13.7. The fourth-order valence-electron chi connectivity index (χ4n) is 1.72. The average molecular weight is 255 g/mol. The number of benzene rings is 2. The van der Waals surface area contributed by atoms with Crippen LogP contribution < -0.4 is 15.8 Å². The number of rotatable bonds is 3. The van der Waals surface area contributed by atoms with Crippen LogP contribution >= 0.6 is 0 Å². The van der Waals surface area contributed by atoms with E-state index in [9.17, 15) is 0 Å². The number of aliphatic imine (C=N–C) groups is 1. The first-order chi connectivity index (χ1) is 9.17. The minimum absolute atomic E-state index is 0.346. The smallest absolute Gasteiger partial charge is 0.198 e. The Balaban J connectivity index is 2.14. The summed E-state index contributed by atoms with van der Waals surface area (Å²) in [4.78, 5) is 4.30. The molecule has 0 radical (unpaired) electrons. The molecule has 0 spiro atoms. The first kappa shape index (κ1) is 13.0. The van der Waals surface area contributed by atoms with Gasteiger partial charge in [0.05, 0.1) is 12.8 Å². The Bertz CT molecular complexity index is 593. The minimum atomic E-state index is 0.346. The van der Waals surface area contributed by atoms with Crippen molar-refractivity contribution in [3.63, 3.8) is 0 Å². The molecule has 0 amide bonds. The van der Waals surface area contributed by atoms with Gasteiger partial charge in [0.25, 0.3) is 0 Å². The molecule has 98 valence electrons. The molecule has 2 rings (SSSR count). The van der Waals surface area contributed by atoms with Gasteiger partial charge in [-0.25, -0.2) is 4.99 Å². The van der Waals surface area contributed by atoms with Gasteiger partial charge in [-0.15, -0.1) is 0 Å². The van der Waals surface area contributed by atoms with E-state index in [2.05, 4.69) is 10.3 Å². The second-order valence-electron chi connectivity index (χ2n) is 4.19. The van der Waals surface area contributed by atoms with E-state index in [1.54, 1.807) is 7.11 Å². The largest absolute Gasteiger partial charge is 0.497 e. The number of nitrogens with zero attached hydrogens (tertiary/aromatic N) is 1.